The minimum atomic E-state index is -0.981. The highest BCUT2D eigenvalue weighted by Crippen LogP contribution is 2.18. The fourth-order valence-electron chi connectivity index (χ4n) is 1.62. The molecule has 0 saturated heterocycles. The first-order valence-electron chi connectivity index (χ1n) is 6.23. The summed E-state index contributed by atoms with van der Waals surface area (Å²) < 4.78 is 0. The van der Waals surface area contributed by atoms with Crippen LogP contribution in [0.15, 0.2) is 29.2 Å². The van der Waals surface area contributed by atoms with Gasteiger partial charge in [-0.3, -0.25) is 4.79 Å². The summed E-state index contributed by atoms with van der Waals surface area (Å²) in [6.07, 6.45) is 2.47. The second kappa shape index (κ2) is 8.92. The highest BCUT2D eigenvalue weighted by atomic mass is 32.2. The van der Waals surface area contributed by atoms with Crippen LogP contribution in [0, 0.1) is 0 Å². The van der Waals surface area contributed by atoms with Crippen LogP contribution < -0.4 is 5.32 Å². The van der Waals surface area contributed by atoms with Crippen molar-refractivity contribution in [1.29, 1.82) is 0 Å². The Bertz CT molecular complexity index is 448. The largest absolute Gasteiger partial charge is 0.480 e. The van der Waals surface area contributed by atoms with Crippen molar-refractivity contribution in [1.82, 2.24) is 5.32 Å². The third-order valence-electron chi connectivity index (χ3n) is 2.65. The number of carboxylic acid groups (broad SMARTS) is 1. The zero-order chi connectivity index (χ0) is 15.0. The lowest BCUT2D eigenvalue weighted by Crippen LogP contribution is -2.39. The average molecular weight is 313 g/mol. The van der Waals surface area contributed by atoms with Crippen molar-refractivity contribution in [2.24, 2.45) is 0 Å². The number of amides is 1. The van der Waals surface area contributed by atoms with Crippen LogP contribution in [-0.4, -0.2) is 35.0 Å². The van der Waals surface area contributed by atoms with Crippen LogP contribution in [0.25, 0.3) is 0 Å². The van der Waals surface area contributed by atoms with Crippen molar-refractivity contribution in [3.8, 4) is 0 Å². The number of nitrogens with one attached hydrogen (secondary N) is 1. The van der Waals surface area contributed by atoms with Gasteiger partial charge in [-0.25, -0.2) is 4.79 Å². The average Bonchev–Trinajstić information content (AvgIpc) is 2.42. The maximum Gasteiger partial charge on any atom is 0.326 e. The van der Waals surface area contributed by atoms with Gasteiger partial charge in [-0.2, -0.15) is 11.8 Å². The van der Waals surface area contributed by atoms with Crippen LogP contribution in [-0.2, 0) is 15.3 Å². The van der Waals surface area contributed by atoms with E-state index in [0.717, 1.165) is 5.75 Å². The Morgan fingerprint density at radius 1 is 1.30 bits per heavy atom. The maximum absolute atomic E-state index is 10.9. The van der Waals surface area contributed by atoms with E-state index < -0.39 is 12.0 Å². The van der Waals surface area contributed by atoms with Gasteiger partial charge >= 0.3 is 5.97 Å². The summed E-state index contributed by atoms with van der Waals surface area (Å²) >= 11 is 3.38. The molecule has 1 amide bonds. The van der Waals surface area contributed by atoms with E-state index in [4.69, 9.17) is 5.11 Å². The van der Waals surface area contributed by atoms with Gasteiger partial charge < -0.3 is 10.4 Å². The Labute approximate surface area is 127 Å². The fraction of sp³-hybridized carbons (Fsp3) is 0.429. The highest BCUT2D eigenvalue weighted by Gasteiger charge is 2.17. The molecule has 2 N–H and O–H groups in total. The van der Waals surface area contributed by atoms with E-state index >= 15 is 0 Å². The van der Waals surface area contributed by atoms with Crippen molar-refractivity contribution in [3.63, 3.8) is 0 Å². The minimum Gasteiger partial charge on any atom is -0.480 e. The number of carbonyl (C=O) groups is 2. The second-order valence-electron chi connectivity index (χ2n) is 4.28. The van der Waals surface area contributed by atoms with Crippen molar-refractivity contribution in [2.45, 2.75) is 30.0 Å². The lowest BCUT2D eigenvalue weighted by atomic mass is 10.2. The van der Waals surface area contributed by atoms with Crippen molar-refractivity contribution in [2.75, 3.05) is 12.0 Å². The number of benzene rings is 1. The summed E-state index contributed by atoms with van der Waals surface area (Å²) in [5, 5.41) is 11.4. The van der Waals surface area contributed by atoms with E-state index in [2.05, 4.69) is 29.6 Å². The molecule has 4 nitrogen and oxygen atoms in total. The standard InChI is InChI=1S/C14H19NO3S2/c1-10(16)15-13(14(17)18)7-8-20-9-11-3-5-12(19-2)6-4-11/h3-6,13H,7-9H2,1-2H3,(H,15,16)(H,17,18). The first-order valence-corrected chi connectivity index (χ1v) is 8.61. The molecule has 1 rings (SSSR count). The van der Waals surface area contributed by atoms with E-state index in [1.807, 2.05) is 6.26 Å². The monoisotopic (exact) mass is 313 g/mol. The first-order chi connectivity index (χ1) is 9.52. The molecule has 0 fully saturated rings. The normalized spacial score (nSPS) is 11.9. The molecule has 20 heavy (non-hydrogen) atoms. The first kappa shape index (κ1) is 16.9. The van der Waals surface area contributed by atoms with Crippen molar-refractivity contribution < 1.29 is 14.7 Å². The molecular weight excluding hydrogens is 294 g/mol. The quantitative estimate of drug-likeness (QED) is 0.570. The number of hydrogen-bond acceptors (Lipinski definition) is 4. The molecule has 110 valence electrons. The van der Waals surface area contributed by atoms with Crippen molar-refractivity contribution in [3.05, 3.63) is 29.8 Å². The van der Waals surface area contributed by atoms with Gasteiger partial charge in [-0.1, -0.05) is 12.1 Å². The van der Waals surface area contributed by atoms with Crippen LogP contribution in [0.2, 0.25) is 0 Å². The molecule has 0 saturated carbocycles. The summed E-state index contributed by atoms with van der Waals surface area (Å²) in [6, 6.07) is 7.54. The van der Waals surface area contributed by atoms with Gasteiger partial charge in [0.25, 0.3) is 0 Å². The summed E-state index contributed by atoms with van der Waals surface area (Å²) in [5.74, 6) is 0.253. The lowest BCUT2D eigenvalue weighted by Gasteiger charge is -2.12. The molecule has 0 aliphatic carbocycles. The minimum absolute atomic E-state index is 0.310. The third kappa shape index (κ3) is 6.34. The SMILES string of the molecule is CSc1ccc(CSCCC(NC(C)=O)C(=O)O)cc1. The summed E-state index contributed by atoms with van der Waals surface area (Å²) in [7, 11) is 0. The number of thioether (sulfide) groups is 2. The topological polar surface area (TPSA) is 66.4 Å². The predicted molar refractivity (Wildman–Crippen MR) is 84.2 cm³/mol. The smallest absolute Gasteiger partial charge is 0.326 e. The Kier molecular flexibility index (Phi) is 7.54. The van der Waals surface area contributed by atoms with Gasteiger partial charge in [0.15, 0.2) is 0 Å². The molecule has 1 atom stereocenters. The van der Waals surface area contributed by atoms with Gasteiger partial charge in [0, 0.05) is 17.6 Å². The van der Waals surface area contributed by atoms with Crippen LogP contribution in [0.1, 0.15) is 18.9 Å². The number of carboxylic acids is 1. The zero-order valence-corrected chi connectivity index (χ0v) is 13.2. The maximum atomic E-state index is 10.9. The zero-order valence-electron chi connectivity index (χ0n) is 11.6. The third-order valence-corrected chi connectivity index (χ3v) is 4.46. The van der Waals surface area contributed by atoms with Crippen LogP contribution in [0.5, 0.6) is 0 Å². The molecule has 1 aromatic carbocycles. The fourth-order valence-corrected chi connectivity index (χ4v) is 3.00. The summed E-state index contributed by atoms with van der Waals surface area (Å²) in [6.45, 7) is 1.33. The molecule has 1 aromatic rings. The molecule has 0 bridgehead atoms. The van der Waals surface area contributed by atoms with Crippen molar-refractivity contribution >= 4 is 35.4 Å². The highest BCUT2D eigenvalue weighted by molar-refractivity contribution is 7.98. The number of hydrogen-bond donors (Lipinski definition) is 2. The van der Waals surface area contributed by atoms with Gasteiger partial charge in [0.1, 0.15) is 6.04 Å². The number of rotatable bonds is 8. The summed E-state index contributed by atoms with van der Waals surface area (Å²) in [4.78, 5) is 23.1. The van der Waals surface area contributed by atoms with Gasteiger partial charge in [-0.15, -0.1) is 11.8 Å². The molecule has 6 heteroatoms. The van der Waals surface area contributed by atoms with Gasteiger partial charge in [-0.05, 0) is 36.1 Å². The van der Waals surface area contributed by atoms with Crippen LogP contribution in [0.4, 0.5) is 0 Å². The van der Waals surface area contributed by atoms with E-state index in [1.165, 1.54) is 17.4 Å². The lowest BCUT2D eigenvalue weighted by molar-refractivity contribution is -0.141. The molecule has 0 aliphatic heterocycles. The number of carbonyl (C=O) groups excluding carboxylic acids is 1. The molecule has 0 aliphatic rings. The van der Waals surface area contributed by atoms with Gasteiger partial charge in [0.2, 0.25) is 5.91 Å². The van der Waals surface area contributed by atoms with E-state index in [9.17, 15) is 9.59 Å². The Morgan fingerprint density at radius 3 is 2.45 bits per heavy atom. The Hall–Kier alpha value is -1.14. The van der Waals surface area contributed by atoms with Crippen LogP contribution in [0.3, 0.4) is 0 Å². The van der Waals surface area contributed by atoms with Gasteiger partial charge in [0.05, 0.1) is 0 Å². The van der Waals surface area contributed by atoms with E-state index in [-0.39, 0.29) is 5.91 Å². The molecule has 0 aromatic heterocycles. The molecule has 0 spiro atoms. The predicted octanol–water partition coefficient (Wildman–Crippen LogP) is 2.62. The molecule has 0 radical (unpaired) electrons. The molecular formula is C14H19NO3S2. The van der Waals surface area contributed by atoms with E-state index in [0.29, 0.717) is 12.2 Å². The number of aliphatic carboxylic acids is 1. The summed E-state index contributed by atoms with van der Waals surface area (Å²) in [5.41, 5.74) is 1.22. The molecule has 0 heterocycles. The molecule has 1 unspecified atom stereocenters. The second-order valence-corrected chi connectivity index (χ2v) is 6.27. The van der Waals surface area contributed by atoms with Crippen LogP contribution >= 0.6 is 23.5 Å². The Morgan fingerprint density at radius 2 is 1.95 bits per heavy atom. The Balaban J connectivity index is 2.32. The van der Waals surface area contributed by atoms with E-state index in [1.54, 1.807) is 23.5 Å².